The lowest BCUT2D eigenvalue weighted by Crippen LogP contribution is -2.43. The van der Waals surface area contributed by atoms with Gasteiger partial charge < -0.3 is 15.5 Å². The first-order chi connectivity index (χ1) is 10.0. The molecule has 0 atom stereocenters. The van der Waals surface area contributed by atoms with Gasteiger partial charge in [-0.2, -0.15) is 0 Å². The van der Waals surface area contributed by atoms with Gasteiger partial charge in [-0.25, -0.2) is 9.18 Å². The molecule has 5 nitrogen and oxygen atoms in total. The second kappa shape index (κ2) is 8.46. The van der Waals surface area contributed by atoms with Gasteiger partial charge in [-0.05, 0) is 26.0 Å². The van der Waals surface area contributed by atoms with Crippen LogP contribution in [-0.4, -0.2) is 43.0 Å². The van der Waals surface area contributed by atoms with Gasteiger partial charge in [-0.3, -0.25) is 4.79 Å². The van der Waals surface area contributed by atoms with Crippen LogP contribution in [-0.2, 0) is 0 Å². The van der Waals surface area contributed by atoms with Crippen molar-refractivity contribution in [2.75, 3.05) is 26.2 Å². The highest BCUT2D eigenvalue weighted by molar-refractivity contribution is 6.33. The van der Waals surface area contributed by atoms with Crippen LogP contribution in [0, 0.1) is 5.82 Å². The van der Waals surface area contributed by atoms with Crippen molar-refractivity contribution in [2.24, 2.45) is 0 Å². The van der Waals surface area contributed by atoms with Crippen molar-refractivity contribution < 1.29 is 14.0 Å². The highest BCUT2D eigenvalue weighted by Crippen LogP contribution is 2.18. The Kier molecular flexibility index (Phi) is 6.94. The van der Waals surface area contributed by atoms with Crippen LogP contribution in [0.15, 0.2) is 18.2 Å². The van der Waals surface area contributed by atoms with E-state index in [2.05, 4.69) is 10.6 Å². The van der Waals surface area contributed by atoms with E-state index >= 15 is 0 Å². The maximum Gasteiger partial charge on any atom is 0.317 e. The number of hydrogen-bond acceptors (Lipinski definition) is 2. The zero-order valence-corrected chi connectivity index (χ0v) is 12.8. The highest BCUT2D eigenvalue weighted by atomic mass is 35.5. The molecule has 0 unspecified atom stereocenters. The summed E-state index contributed by atoms with van der Waals surface area (Å²) < 4.78 is 13.5. The summed E-state index contributed by atoms with van der Waals surface area (Å²) in [4.78, 5) is 25.1. The van der Waals surface area contributed by atoms with Crippen LogP contribution in [0.3, 0.4) is 0 Å². The van der Waals surface area contributed by atoms with Crippen LogP contribution in [0.2, 0.25) is 5.02 Å². The van der Waals surface area contributed by atoms with Crippen molar-refractivity contribution >= 4 is 23.5 Å². The first-order valence-electron chi connectivity index (χ1n) is 6.76. The summed E-state index contributed by atoms with van der Waals surface area (Å²) in [6.45, 7) is 5.43. The van der Waals surface area contributed by atoms with Crippen molar-refractivity contribution in [1.29, 1.82) is 0 Å². The van der Waals surface area contributed by atoms with E-state index in [-0.39, 0.29) is 29.7 Å². The van der Waals surface area contributed by atoms with Gasteiger partial charge in [0.05, 0.1) is 10.6 Å². The maximum absolute atomic E-state index is 13.5. The maximum atomic E-state index is 13.5. The van der Waals surface area contributed by atoms with Crippen molar-refractivity contribution in [1.82, 2.24) is 15.5 Å². The molecule has 1 aromatic carbocycles. The van der Waals surface area contributed by atoms with Gasteiger partial charge in [0.25, 0.3) is 5.91 Å². The summed E-state index contributed by atoms with van der Waals surface area (Å²) in [5.74, 6) is -1.28. The van der Waals surface area contributed by atoms with Gasteiger partial charge in [0, 0.05) is 26.2 Å². The van der Waals surface area contributed by atoms with E-state index in [4.69, 9.17) is 11.6 Å². The number of benzene rings is 1. The zero-order chi connectivity index (χ0) is 15.8. The molecule has 1 aromatic rings. The van der Waals surface area contributed by atoms with Crippen LogP contribution >= 0.6 is 11.6 Å². The Morgan fingerprint density at radius 3 is 2.38 bits per heavy atom. The Labute approximate surface area is 128 Å². The lowest BCUT2D eigenvalue weighted by atomic mass is 10.2. The van der Waals surface area contributed by atoms with Crippen molar-refractivity contribution in [3.8, 4) is 0 Å². The standard InChI is InChI=1S/C14H19ClFN3O2/c1-3-19(4-2)14(21)18-9-8-17-13(20)12-10(15)6-5-7-11(12)16/h5-7H,3-4,8-9H2,1-2H3,(H,17,20)(H,18,21). The van der Waals surface area contributed by atoms with Crippen molar-refractivity contribution in [3.05, 3.63) is 34.6 Å². The summed E-state index contributed by atoms with van der Waals surface area (Å²) in [6, 6.07) is 3.85. The monoisotopic (exact) mass is 315 g/mol. The lowest BCUT2D eigenvalue weighted by Gasteiger charge is -2.19. The van der Waals surface area contributed by atoms with E-state index in [9.17, 15) is 14.0 Å². The normalized spacial score (nSPS) is 10.1. The first kappa shape index (κ1) is 17.2. The Morgan fingerprint density at radius 1 is 1.19 bits per heavy atom. The fraction of sp³-hybridized carbons (Fsp3) is 0.429. The molecule has 0 saturated carbocycles. The molecule has 0 aromatic heterocycles. The topological polar surface area (TPSA) is 61.4 Å². The molecule has 7 heteroatoms. The minimum Gasteiger partial charge on any atom is -0.350 e. The average molecular weight is 316 g/mol. The molecule has 0 bridgehead atoms. The van der Waals surface area contributed by atoms with E-state index in [0.29, 0.717) is 13.1 Å². The second-order valence-electron chi connectivity index (χ2n) is 4.26. The van der Waals surface area contributed by atoms with Gasteiger partial charge >= 0.3 is 6.03 Å². The van der Waals surface area contributed by atoms with E-state index in [1.165, 1.54) is 18.2 Å². The van der Waals surface area contributed by atoms with Crippen LogP contribution in [0.1, 0.15) is 24.2 Å². The molecule has 0 aliphatic rings. The van der Waals surface area contributed by atoms with Gasteiger partial charge in [0.2, 0.25) is 0 Å². The Hall–Kier alpha value is -1.82. The van der Waals surface area contributed by atoms with Crippen LogP contribution in [0.4, 0.5) is 9.18 Å². The first-order valence-corrected chi connectivity index (χ1v) is 7.14. The second-order valence-corrected chi connectivity index (χ2v) is 4.66. The molecular weight excluding hydrogens is 297 g/mol. The molecule has 0 spiro atoms. The van der Waals surface area contributed by atoms with Crippen LogP contribution in [0.25, 0.3) is 0 Å². The summed E-state index contributed by atoms with van der Waals surface area (Å²) in [6.07, 6.45) is 0. The third kappa shape index (κ3) is 4.90. The SMILES string of the molecule is CCN(CC)C(=O)NCCNC(=O)c1c(F)cccc1Cl. The Balaban J connectivity index is 2.43. The van der Waals surface area contributed by atoms with Crippen molar-refractivity contribution in [3.63, 3.8) is 0 Å². The summed E-state index contributed by atoms with van der Waals surface area (Å²) in [7, 11) is 0. The van der Waals surface area contributed by atoms with Crippen LogP contribution in [0.5, 0.6) is 0 Å². The molecule has 0 heterocycles. The summed E-state index contributed by atoms with van der Waals surface area (Å²) >= 11 is 5.79. The Bertz CT molecular complexity index is 487. The Morgan fingerprint density at radius 2 is 1.81 bits per heavy atom. The smallest absolute Gasteiger partial charge is 0.317 e. The largest absolute Gasteiger partial charge is 0.350 e. The lowest BCUT2D eigenvalue weighted by molar-refractivity contribution is 0.0949. The zero-order valence-electron chi connectivity index (χ0n) is 12.1. The van der Waals surface area contributed by atoms with Gasteiger partial charge in [-0.1, -0.05) is 17.7 Å². The van der Waals surface area contributed by atoms with E-state index in [0.717, 1.165) is 0 Å². The molecular formula is C14H19ClFN3O2. The van der Waals surface area contributed by atoms with E-state index < -0.39 is 11.7 Å². The number of urea groups is 1. The fourth-order valence-corrected chi connectivity index (χ4v) is 2.02. The molecule has 0 saturated heterocycles. The third-order valence-corrected chi connectivity index (χ3v) is 3.24. The summed E-state index contributed by atoms with van der Waals surface area (Å²) in [5.41, 5.74) is -0.186. The quantitative estimate of drug-likeness (QED) is 0.791. The predicted octanol–water partition coefficient (Wildman–Crippen LogP) is 2.26. The fourth-order valence-electron chi connectivity index (χ4n) is 1.77. The number of halogens is 2. The predicted molar refractivity (Wildman–Crippen MR) is 80.1 cm³/mol. The average Bonchev–Trinajstić information content (AvgIpc) is 2.44. The molecule has 116 valence electrons. The van der Waals surface area contributed by atoms with Crippen LogP contribution < -0.4 is 10.6 Å². The molecule has 1 rings (SSSR count). The van der Waals surface area contributed by atoms with Gasteiger partial charge in [-0.15, -0.1) is 0 Å². The minimum atomic E-state index is -0.674. The number of carbonyl (C=O) groups is 2. The molecule has 0 fully saturated rings. The molecule has 21 heavy (non-hydrogen) atoms. The number of carbonyl (C=O) groups excluding carboxylic acids is 2. The summed E-state index contributed by atoms with van der Waals surface area (Å²) in [5, 5.41) is 5.24. The highest BCUT2D eigenvalue weighted by Gasteiger charge is 2.15. The van der Waals surface area contributed by atoms with Gasteiger partial charge in [0.1, 0.15) is 5.82 Å². The molecule has 2 N–H and O–H groups in total. The van der Waals surface area contributed by atoms with Gasteiger partial charge in [0.15, 0.2) is 0 Å². The molecule has 3 amide bonds. The number of nitrogens with one attached hydrogen (secondary N) is 2. The number of amides is 3. The minimum absolute atomic E-state index is 0.0553. The van der Waals surface area contributed by atoms with Crippen molar-refractivity contribution in [2.45, 2.75) is 13.8 Å². The molecule has 0 radical (unpaired) electrons. The number of hydrogen-bond donors (Lipinski definition) is 2. The van der Waals surface area contributed by atoms with E-state index in [1.807, 2.05) is 13.8 Å². The third-order valence-electron chi connectivity index (χ3n) is 2.93. The molecule has 0 aliphatic carbocycles. The molecule has 0 aliphatic heterocycles. The number of nitrogens with zero attached hydrogens (tertiary/aromatic N) is 1. The number of rotatable bonds is 6. The van der Waals surface area contributed by atoms with E-state index in [1.54, 1.807) is 4.90 Å².